The van der Waals surface area contributed by atoms with Crippen LogP contribution in [0.25, 0.3) is 77.3 Å². The van der Waals surface area contributed by atoms with E-state index in [0.717, 1.165) is 77.3 Å². The van der Waals surface area contributed by atoms with Crippen LogP contribution < -0.4 is 0 Å². The van der Waals surface area contributed by atoms with Crippen molar-refractivity contribution >= 4 is 65.9 Å². The first-order chi connectivity index (χ1) is 18.9. The molecule has 5 aromatic carbocycles. The third-order valence-corrected chi connectivity index (χ3v) is 7.70. The van der Waals surface area contributed by atoms with Gasteiger partial charge >= 0.3 is 0 Å². The van der Waals surface area contributed by atoms with Gasteiger partial charge in [0, 0.05) is 32.9 Å². The summed E-state index contributed by atoms with van der Waals surface area (Å²) in [6.45, 7) is 0. The van der Waals surface area contributed by atoms with Crippen molar-refractivity contribution in [1.82, 2.24) is 9.13 Å². The van der Waals surface area contributed by atoms with Crippen LogP contribution in [-0.4, -0.2) is 9.13 Å². The second-order valence-corrected chi connectivity index (χ2v) is 9.78. The molecule has 0 unspecified atom stereocenters. The fourth-order valence-corrected chi connectivity index (χ4v) is 6.11. The second-order valence-electron chi connectivity index (χ2n) is 9.78. The van der Waals surface area contributed by atoms with Gasteiger partial charge in [0.1, 0.15) is 22.2 Å². The van der Waals surface area contributed by atoms with Crippen molar-refractivity contribution in [3.63, 3.8) is 0 Å². The van der Waals surface area contributed by atoms with Crippen LogP contribution in [0.4, 0.5) is 0 Å². The van der Waals surface area contributed by atoms with Crippen molar-refractivity contribution in [2.45, 2.75) is 0 Å². The first kappa shape index (κ1) is 19.9. The molecule has 9 aromatic rings. The molecule has 4 heterocycles. The zero-order valence-electron chi connectivity index (χ0n) is 20.3. The van der Waals surface area contributed by atoms with Crippen molar-refractivity contribution in [2.24, 2.45) is 0 Å². The Bertz CT molecular complexity index is 2160. The molecule has 178 valence electrons. The average Bonchev–Trinajstić information content (AvgIpc) is 3.69. The lowest BCUT2D eigenvalue weighted by Crippen LogP contribution is -1.94. The highest BCUT2D eigenvalue weighted by atomic mass is 16.3. The minimum atomic E-state index is 0.891. The summed E-state index contributed by atoms with van der Waals surface area (Å²) in [4.78, 5) is 0. The summed E-state index contributed by atoms with van der Waals surface area (Å²) < 4.78 is 17.7. The van der Waals surface area contributed by atoms with E-state index >= 15 is 0 Å². The van der Waals surface area contributed by atoms with Gasteiger partial charge in [-0.25, -0.2) is 0 Å². The molecule has 38 heavy (non-hydrogen) atoms. The van der Waals surface area contributed by atoms with Crippen LogP contribution in [-0.2, 0) is 0 Å². The molecule has 0 saturated heterocycles. The van der Waals surface area contributed by atoms with E-state index < -0.39 is 0 Å². The summed E-state index contributed by atoms with van der Waals surface area (Å²) in [5.74, 6) is 0. The minimum absolute atomic E-state index is 0.891. The molecule has 0 fully saturated rings. The van der Waals surface area contributed by atoms with Crippen LogP contribution in [0.15, 0.2) is 130 Å². The number of nitrogens with zero attached hydrogens (tertiary/aromatic N) is 2. The quantitative estimate of drug-likeness (QED) is 0.243. The third-order valence-electron chi connectivity index (χ3n) is 7.70. The van der Waals surface area contributed by atoms with E-state index in [-0.39, 0.29) is 0 Å². The smallest absolute Gasteiger partial charge is 0.161 e. The summed E-state index contributed by atoms with van der Waals surface area (Å²) in [6, 6.07) is 42.1. The Hall–Kier alpha value is -5.22. The molecule has 0 aliphatic carbocycles. The number of fused-ring (bicyclic) bond motifs is 10. The zero-order chi connectivity index (χ0) is 24.8. The lowest BCUT2D eigenvalue weighted by molar-refractivity contribution is 0.672. The topological polar surface area (TPSA) is 36.1 Å². The number of hydrogen-bond acceptors (Lipinski definition) is 2. The van der Waals surface area contributed by atoms with Crippen LogP contribution >= 0.6 is 0 Å². The van der Waals surface area contributed by atoms with Crippen molar-refractivity contribution in [2.75, 3.05) is 0 Å². The van der Waals surface area contributed by atoms with Gasteiger partial charge in [0.25, 0.3) is 0 Å². The predicted molar refractivity (Wildman–Crippen MR) is 155 cm³/mol. The Kier molecular flexibility index (Phi) is 3.76. The summed E-state index contributed by atoms with van der Waals surface area (Å²) in [7, 11) is 0. The van der Waals surface area contributed by atoms with Crippen LogP contribution in [0.1, 0.15) is 0 Å². The lowest BCUT2D eigenvalue weighted by Gasteiger charge is -2.09. The number of furan rings is 2. The number of aromatic nitrogens is 2. The van der Waals surface area contributed by atoms with Crippen LogP contribution in [0.5, 0.6) is 0 Å². The Morgan fingerprint density at radius 1 is 0.395 bits per heavy atom. The van der Waals surface area contributed by atoms with E-state index in [1.807, 2.05) is 24.3 Å². The van der Waals surface area contributed by atoms with E-state index in [0.29, 0.717) is 0 Å². The molecule has 0 aliphatic rings. The number of benzene rings is 5. The molecule has 0 bridgehead atoms. The van der Waals surface area contributed by atoms with Gasteiger partial charge in [-0.05, 0) is 60.7 Å². The van der Waals surface area contributed by atoms with Crippen LogP contribution in [0, 0.1) is 0 Å². The van der Waals surface area contributed by atoms with Gasteiger partial charge in [-0.15, -0.1) is 0 Å². The van der Waals surface area contributed by atoms with Gasteiger partial charge in [-0.3, -0.25) is 0 Å². The molecule has 4 nitrogen and oxygen atoms in total. The monoisotopic (exact) mass is 488 g/mol. The third kappa shape index (κ3) is 2.49. The Labute approximate surface area is 216 Å². The van der Waals surface area contributed by atoms with Gasteiger partial charge in [-0.2, -0.15) is 0 Å². The maximum atomic E-state index is 6.53. The first-order valence-corrected chi connectivity index (χ1v) is 12.8. The molecule has 9 rings (SSSR count). The van der Waals surface area contributed by atoms with Crippen molar-refractivity contribution in [1.29, 1.82) is 0 Å². The lowest BCUT2D eigenvalue weighted by atomic mass is 10.1. The highest BCUT2D eigenvalue weighted by Crippen LogP contribution is 2.44. The molecule has 0 N–H and O–H groups in total. The van der Waals surface area contributed by atoms with E-state index in [1.165, 1.54) is 0 Å². The Morgan fingerprint density at radius 2 is 0.789 bits per heavy atom. The summed E-state index contributed by atoms with van der Waals surface area (Å²) in [5, 5.41) is 4.36. The molecule has 0 aliphatic heterocycles. The van der Waals surface area contributed by atoms with E-state index in [9.17, 15) is 0 Å². The molecule has 0 amide bonds. The molecule has 4 aromatic heterocycles. The SMILES string of the molecule is c1ccc(-n2c3cc4c5oc6ccccc6c5n(-c5ccccc5)c4cc3c3oc4ccccc4c32)cc1. The van der Waals surface area contributed by atoms with Gasteiger partial charge in [0.15, 0.2) is 11.2 Å². The molecule has 0 spiro atoms. The summed E-state index contributed by atoms with van der Waals surface area (Å²) >= 11 is 0. The fraction of sp³-hybridized carbons (Fsp3) is 0. The second kappa shape index (κ2) is 7.17. The molecule has 0 saturated carbocycles. The minimum Gasteiger partial charge on any atom is -0.454 e. The average molecular weight is 489 g/mol. The maximum Gasteiger partial charge on any atom is 0.161 e. The van der Waals surface area contributed by atoms with E-state index in [4.69, 9.17) is 8.83 Å². The van der Waals surface area contributed by atoms with Crippen molar-refractivity contribution < 1.29 is 8.83 Å². The maximum absolute atomic E-state index is 6.53. The van der Waals surface area contributed by atoms with Crippen molar-refractivity contribution in [3.05, 3.63) is 121 Å². The van der Waals surface area contributed by atoms with Gasteiger partial charge in [0.2, 0.25) is 0 Å². The van der Waals surface area contributed by atoms with E-state index in [1.54, 1.807) is 0 Å². The fourth-order valence-electron chi connectivity index (χ4n) is 6.11. The van der Waals surface area contributed by atoms with Crippen molar-refractivity contribution in [3.8, 4) is 11.4 Å². The predicted octanol–water partition coefficient (Wildman–Crippen LogP) is 9.37. The van der Waals surface area contributed by atoms with E-state index in [2.05, 4.69) is 106 Å². The highest BCUT2D eigenvalue weighted by Gasteiger charge is 2.24. The molecule has 0 atom stereocenters. The number of rotatable bonds is 2. The molecular formula is C34H20N2O2. The first-order valence-electron chi connectivity index (χ1n) is 12.8. The zero-order valence-corrected chi connectivity index (χ0v) is 20.3. The normalized spacial score (nSPS) is 12.2. The Balaban J connectivity index is 1.54. The Morgan fingerprint density at radius 3 is 1.24 bits per heavy atom. The van der Waals surface area contributed by atoms with Crippen LogP contribution in [0.2, 0.25) is 0 Å². The number of hydrogen-bond donors (Lipinski definition) is 0. The summed E-state index contributed by atoms with van der Waals surface area (Å²) in [5.41, 5.74) is 10.1. The number of para-hydroxylation sites is 4. The van der Waals surface area contributed by atoms with Gasteiger partial charge in [0.05, 0.1) is 11.0 Å². The highest BCUT2D eigenvalue weighted by molar-refractivity contribution is 6.23. The van der Waals surface area contributed by atoms with Gasteiger partial charge < -0.3 is 18.0 Å². The molecular weight excluding hydrogens is 468 g/mol. The van der Waals surface area contributed by atoms with Crippen LogP contribution in [0.3, 0.4) is 0 Å². The standard InChI is InChI=1S/C34H20N2O2/c1-3-11-21(12-4-1)35-27-19-26-28(20-25(27)33-31(35)23-15-7-9-17-29(23)37-33)36(22-13-5-2-6-14-22)32-24-16-8-10-18-30(24)38-34(26)32/h1-20H. The molecule has 4 heteroatoms. The van der Waals surface area contributed by atoms with Gasteiger partial charge in [-0.1, -0.05) is 60.7 Å². The summed E-state index contributed by atoms with van der Waals surface area (Å²) in [6.07, 6.45) is 0. The molecule has 0 radical (unpaired) electrons. The largest absolute Gasteiger partial charge is 0.454 e.